The molecule has 2 rings (SSSR count). The number of unbranched alkanes of at least 4 members (excludes halogenated alkanes) is 1. The van der Waals surface area contributed by atoms with E-state index in [4.69, 9.17) is 20.5 Å². The molecule has 0 aliphatic heterocycles. The molecule has 27 heavy (non-hydrogen) atoms. The molecular weight excluding hydrogens is 344 g/mol. The van der Waals surface area contributed by atoms with Crippen LogP contribution in [0.25, 0.3) is 0 Å². The van der Waals surface area contributed by atoms with Crippen molar-refractivity contribution >= 4 is 11.7 Å². The number of nitrogens with two attached hydrogens (primary N) is 1. The van der Waals surface area contributed by atoms with Crippen molar-refractivity contribution in [2.45, 2.75) is 25.9 Å². The maximum atomic E-state index is 10.8. The Hall–Kier alpha value is -3.24. The normalized spacial score (nSPS) is 10.1. The molecule has 7 heteroatoms. The minimum Gasteiger partial charge on any atom is -0.493 e. The zero-order valence-corrected chi connectivity index (χ0v) is 15.3. The van der Waals surface area contributed by atoms with Crippen LogP contribution in [0.2, 0.25) is 0 Å². The number of anilines is 1. The van der Waals surface area contributed by atoms with Gasteiger partial charge in [0.2, 0.25) is 0 Å². The van der Waals surface area contributed by atoms with Gasteiger partial charge in [0.15, 0.2) is 11.5 Å². The molecule has 0 radical (unpaired) electrons. The van der Waals surface area contributed by atoms with E-state index in [1.165, 1.54) is 0 Å². The quantitative estimate of drug-likeness (QED) is 0.558. The van der Waals surface area contributed by atoms with E-state index in [1.807, 2.05) is 42.5 Å². The van der Waals surface area contributed by atoms with E-state index in [2.05, 4.69) is 16.7 Å². The molecule has 0 aromatic heterocycles. The number of methoxy groups -OCH3 is 1. The highest BCUT2D eigenvalue weighted by Gasteiger charge is 2.06. The highest BCUT2D eigenvalue weighted by atomic mass is 16.5. The van der Waals surface area contributed by atoms with Crippen molar-refractivity contribution in [3.8, 4) is 17.6 Å². The first kappa shape index (κ1) is 20.1. The van der Waals surface area contributed by atoms with Crippen LogP contribution in [-0.2, 0) is 13.1 Å². The topological polar surface area (TPSA) is 109 Å². The van der Waals surface area contributed by atoms with Crippen LogP contribution >= 0.6 is 0 Å². The zero-order chi connectivity index (χ0) is 19.5. The lowest BCUT2D eigenvalue weighted by Gasteiger charge is -2.12. The Morgan fingerprint density at radius 2 is 1.81 bits per heavy atom. The Bertz CT molecular complexity index is 785. The van der Waals surface area contributed by atoms with Gasteiger partial charge in [-0.15, -0.1) is 0 Å². The van der Waals surface area contributed by atoms with Crippen molar-refractivity contribution in [3.63, 3.8) is 0 Å². The third-order valence-corrected chi connectivity index (χ3v) is 3.80. The smallest absolute Gasteiger partial charge is 0.316 e. The number of rotatable bonds is 10. The van der Waals surface area contributed by atoms with Crippen LogP contribution in [-0.4, -0.2) is 19.7 Å². The summed E-state index contributed by atoms with van der Waals surface area (Å²) in [5, 5.41) is 14.5. The highest BCUT2D eigenvalue weighted by Crippen LogP contribution is 2.28. The van der Waals surface area contributed by atoms with Gasteiger partial charge < -0.3 is 25.8 Å². The summed E-state index contributed by atoms with van der Waals surface area (Å²) in [6.45, 7) is 1.83. The first-order valence-corrected chi connectivity index (χ1v) is 8.65. The monoisotopic (exact) mass is 368 g/mol. The molecule has 0 atom stereocenters. The first-order valence-electron chi connectivity index (χ1n) is 8.65. The number of urea groups is 1. The third kappa shape index (κ3) is 6.88. The molecule has 0 aliphatic rings. The number of primary amides is 1. The predicted molar refractivity (Wildman–Crippen MR) is 104 cm³/mol. The van der Waals surface area contributed by atoms with Crippen molar-refractivity contribution in [1.82, 2.24) is 5.32 Å². The molecule has 0 saturated heterocycles. The van der Waals surface area contributed by atoms with Crippen LogP contribution in [0.5, 0.6) is 11.5 Å². The van der Waals surface area contributed by atoms with Gasteiger partial charge in [0.25, 0.3) is 0 Å². The third-order valence-electron chi connectivity index (χ3n) is 3.80. The Morgan fingerprint density at radius 3 is 2.48 bits per heavy atom. The molecule has 4 N–H and O–H groups in total. The Kier molecular flexibility index (Phi) is 7.94. The Labute approximate surface area is 159 Å². The summed E-state index contributed by atoms with van der Waals surface area (Å²) in [7, 11) is 1.60. The summed E-state index contributed by atoms with van der Waals surface area (Å²) in [6.07, 6.45) is 1.15. The fourth-order valence-corrected chi connectivity index (χ4v) is 2.48. The number of carbonyl (C=O) groups excluding carboxylic acids is 1. The number of nitrogens with zero attached hydrogens (tertiary/aromatic N) is 1. The maximum Gasteiger partial charge on any atom is 0.316 e. The van der Waals surface area contributed by atoms with Gasteiger partial charge in [0.05, 0.1) is 19.8 Å². The molecule has 0 heterocycles. The van der Waals surface area contributed by atoms with Crippen molar-refractivity contribution in [1.29, 1.82) is 5.26 Å². The minimum absolute atomic E-state index is 0.470. The van der Waals surface area contributed by atoms with Gasteiger partial charge >= 0.3 is 6.03 Å². The molecule has 0 bridgehead atoms. The Morgan fingerprint density at radius 1 is 1.11 bits per heavy atom. The maximum absolute atomic E-state index is 10.8. The number of ether oxygens (including phenoxy) is 2. The van der Waals surface area contributed by atoms with Gasteiger partial charge in [-0.3, -0.25) is 0 Å². The molecule has 2 amide bonds. The predicted octanol–water partition coefficient (Wildman–Crippen LogP) is 3.16. The number of nitrogens with one attached hydrogen (secondary N) is 2. The number of carbonyl (C=O) groups is 1. The van der Waals surface area contributed by atoms with Gasteiger partial charge in [-0.05, 0) is 41.8 Å². The van der Waals surface area contributed by atoms with Gasteiger partial charge in [-0.25, -0.2) is 4.79 Å². The van der Waals surface area contributed by atoms with Crippen LogP contribution < -0.4 is 25.8 Å². The second kappa shape index (κ2) is 10.7. The number of nitriles is 1. The van der Waals surface area contributed by atoms with E-state index in [-0.39, 0.29) is 0 Å². The van der Waals surface area contributed by atoms with E-state index >= 15 is 0 Å². The molecule has 0 saturated carbocycles. The zero-order valence-electron chi connectivity index (χ0n) is 15.3. The van der Waals surface area contributed by atoms with Crippen molar-refractivity contribution in [2.24, 2.45) is 5.73 Å². The molecule has 0 spiro atoms. The van der Waals surface area contributed by atoms with Crippen LogP contribution in [0, 0.1) is 11.3 Å². The van der Waals surface area contributed by atoms with E-state index in [0.717, 1.165) is 11.1 Å². The van der Waals surface area contributed by atoms with Crippen molar-refractivity contribution in [3.05, 3.63) is 53.6 Å². The van der Waals surface area contributed by atoms with Crippen LogP contribution in [0.4, 0.5) is 10.5 Å². The van der Waals surface area contributed by atoms with Crippen LogP contribution in [0.1, 0.15) is 24.0 Å². The number of hydrogen-bond donors (Lipinski definition) is 3. The molecule has 7 nitrogen and oxygen atoms in total. The Balaban J connectivity index is 1.87. The van der Waals surface area contributed by atoms with Crippen molar-refractivity contribution < 1.29 is 14.3 Å². The van der Waals surface area contributed by atoms with Gasteiger partial charge in [-0.1, -0.05) is 18.2 Å². The summed E-state index contributed by atoms with van der Waals surface area (Å²) in [5.74, 6) is 1.35. The average Bonchev–Trinajstić information content (AvgIpc) is 2.66. The minimum atomic E-state index is -0.578. The SMILES string of the molecule is COc1ccc(CNCc2ccc(NC(N)=O)cc2)cc1OCCCC#N. The highest BCUT2D eigenvalue weighted by molar-refractivity contribution is 5.87. The average molecular weight is 368 g/mol. The summed E-state index contributed by atoms with van der Waals surface area (Å²) >= 11 is 0. The van der Waals surface area contributed by atoms with E-state index < -0.39 is 6.03 Å². The number of hydrogen-bond acceptors (Lipinski definition) is 5. The largest absolute Gasteiger partial charge is 0.493 e. The summed E-state index contributed by atoms with van der Waals surface area (Å²) < 4.78 is 11.1. The fraction of sp³-hybridized carbons (Fsp3) is 0.300. The van der Waals surface area contributed by atoms with Crippen LogP contribution in [0.3, 0.4) is 0 Å². The molecule has 0 fully saturated rings. The molecule has 142 valence electrons. The van der Waals surface area contributed by atoms with Crippen molar-refractivity contribution in [2.75, 3.05) is 19.0 Å². The fourth-order valence-electron chi connectivity index (χ4n) is 2.48. The first-order chi connectivity index (χ1) is 13.1. The standard InChI is InChI=1S/C20H24N4O3/c1-26-18-9-6-16(12-19(18)27-11-3-2-10-21)14-23-13-15-4-7-17(8-5-15)24-20(22)25/h4-9,12,23H,2-3,11,13-14H2,1H3,(H3,22,24,25). The van der Waals surface area contributed by atoms with Gasteiger partial charge in [0.1, 0.15) is 0 Å². The number of benzene rings is 2. The van der Waals surface area contributed by atoms with Gasteiger partial charge in [0, 0.05) is 25.2 Å². The summed E-state index contributed by atoms with van der Waals surface area (Å²) in [6, 6.07) is 14.8. The van der Waals surface area contributed by atoms with E-state index in [9.17, 15) is 4.79 Å². The molecule has 2 aromatic rings. The molecular formula is C20H24N4O3. The summed E-state index contributed by atoms with van der Waals surface area (Å²) in [4.78, 5) is 10.8. The van der Waals surface area contributed by atoms with E-state index in [1.54, 1.807) is 7.11 Å². The molecule has 0 aliphatic carbocycles. The lowest BCUT2D eigenvalue weighted by molar-refractivity contribution is 0.259. The lowest BCUT2D eigenvalue weighted by atomic mass is 10.1. The number of amides is 2. The van der Waals surface area contributed by atoms with E-state index in [0.29, 0.717) is 49.7 Å². The lowest BCUT2D eigenvalue weighted by Crippen LogP contribution is -2.19. The second-order valence-corrected chi connectivity index (χ2v) is 5.89. The van der Waals surface area contributed by atoms with Crippen LogP contribution in [0.15, 0.2) is 42.5 Å². The summed E-state index contributed by atoms with van der Waals surface area (Å²) in [5.41, 5.74) is 7.91. The van der Waals surface area contributed by atoms with Gasteiger partial charge in [-0.2, -0.15) is 5.26 Å². The second-order valence-electron chi connectivity index (χ2n) is 5.89. The molecule has 2 aromatic carbocycles. The molecule has 0 unspecified atom stereocenters.